The zero-order chi connectivity index (χ0) is 24.3. The maximum atomic E-state index is 13.4. The van der Waals surface area contributed by atoms with Crippen molar-refractivity contribution < 1.29 is 17.9 Å². The smallest absolute Gasteiger partial charge is 0.263 e. The predicted molar refractivity (Wildman–Crippen MR) is 135 cm³/mol. The van der Waals surface area contributed by atoms with Gasteiger partial charge in [-0.1, -0.05) is 24.3 Å². The van der Waals surface area contributed by atoms with Crippen LogP contribution in [0.5, 0.6) is 5.75 Å². The zero-order valence-electron chi connectivity index (χ0n) is 19.6. The van der Waals surface area contributed by atoms with E-state index in [0.717, 1.165) is 22.6 Å². The van der Waals surface area contributed by atoms with Crippen LogP contribution in [0.1, 0.15) is 26.4 Å². The van der Waals surface area contributed by atoms with Crippen molar-refractivity contribution in [2.75, 3.05) is 38.2 Å². The molecule has 1 saturated heterocycles. The number of sulfonamides is 1. The van der Waals surface area contributed by atoms with Crippen LogP contribution in [0.3, 0.4) is 0 Å². The summed E-state index contributed by atoms with van der Waals surface area (Å²) in [7, 11) is -2.19. The highest BCUT2D eigenvalue weighted by atomic mass is 32.2. The molecule has 0 bridgehead atoms. The van der Waals surface area contributed by atoms with Crippen molar-refractivity contribution in [1.82, 2.24) is 9.62 Å². The molecule has 2 heterocycles. The Hall–Kier alpha value is -2.88. The molecule has 9 heteroatoms. The van der Waals surface area contributed by atoms with Gasteiger partial charge in [-0.05, 0) is 60.2 Å². The molecule has 3 aromatic rings. The minimum atomic E-state index is -3.78. The second-order valence-corrected chi connectivity index (χ2v) is 11.2. The van der Waals surface area contributed by atoms with Crippen molar-refractivity contribution in [1.29, 1.82) is 0 Å². The van der Waals surface area contributed by atoms with Gasteiger partial charge in [-0.2, -0.15) is 4.31 Å². The molecule has 0 radical (unpaired) electrons. The third kappa shape index (κ3) is 5.11. The Kier molecular flexibility index (Phi) is 7.25. The number of benzene rings is 2. The average Bonchev–Trinajstić information content (AvgIpc) is 3.35. The number of carbonyl (C=O) groups is 1. The molecule has 0 saturated carbocycles. The molecule has 1 aliphatic heterocycles. The first-order valence-corrected chi connectivity index (χ1v) is 13.4. The number of aryl methyl sites for hydroxylation is 2. The molecular weight excluding hydrogens is 470 g/mol. The second kappa shape index (κ2) is 10.2. The average molecular weight is 500 g/mol. The first-order chi connectivity index (χ1) is 16.3. The summed E-state index contributed by atoms with van der Waals surface area (Å²) in [6, 6.07) is 15.2. The lowest BCUT2D eigenvalue weighted by Gasteiger charge is -2.36. The normalized spacial score (nSPS) is 14.7. The Labute approximate surface area is 205 Å². The molecular formula is C25H29N3O4S2. The van der Waals surface area contributed by atoms with Crippen molar-refractivity contribution in [2.45, 2.75) is 25.3 Å². The van der Waals surface area contributed by atoms with E-state index in [2.05, 4.69) is 42.3 Å². The fourth-order valence-corrected chi connectivity index (χ4v) is 6.82. The number of rotatable bonds is 7. The molecule has 4 rings (SSSR count). The van der Waals surface area contributed by atoms with Crippen LogP contribution in [-0.2, 0) is 16.6 Å². The van der Waals surface area contributed by atoms with Crippen LogP contribution in [0.25, 0.3) is 0 Å². The Morgan fingerprint density at radius 3 is 2.56 bits per heavy atom. The van der Waals surface area contributed by atoms with Gasteiger partial charge in [0, 0.05) is 38.4 Å². The topological polar surface area (TPSA) is 78.9 Å². The summed E-state index contributed by atoms with van der Waals surface area (Å²) >= 11 is 1.14. The molecule has 1 fully saturated rings. The van der Waals surface area contributed by atoms with Crippen LogP contribution in [0.4, 0.5) is 5.69 Å². The molecule has 1 aromatic heterocycles. The Bertz CT molecular complexity index is 1280. The van der Waals surface area contributed by atoms with Crippen LogP contribution >= 0.6 is 11.3 Å². The van der Waals surface area contributed by atoms with E-state index in [4.69, 9.17) is 4.74 Å². The molecule has 0 unspecified atom stereocenters. The van der Waals surface area contributed by atoms with Crippen molar-refractivity contribution >= 4 is 33.0 Å². The van der Waals surface area contributed by atoms with Crippen molar-refractivity contribution in [3.8, 4) is 5.75 Å². The van der Waals surface area contributed by atoms with Crippen LogP contribution < -0.4 is 15.0 Å². The summed E-state index contributed by atoms with van der Waals surface area (Å²) in [5, 5.41) is 4.49. The second-order valence-electron chi connectivity index (χ2n) is 8.33. The number of anilines is 1. The van der Waals surface area contributed by atoms with Gasteiger partial charge in [0.25, 0.3) is 5.91 Å². The lowest BCUT2D eigenvalue weighted by atomic mass is 10.1. The summed E-state index contributed by atoms with van der Waals surface area (Å²) in [5.41, 5.74) is 4.37. The summed E-state index contributed by atoms with van der Waals surface area (Å²) in [5.74, 6) is 0.302. The lowest BCUT2D eigenvalue weighted by molar-refractivity contribution is 0.0951. The number of hydrogen-bond acceptors (Lipinski definition) is 6. The molecule has 0 aliphatic carbocycles. The van der Waals surface area contributed by atoms with Gasteiger partial charge in [-0.3, -0.25) is 4.79 Å². The highest BCUT2D eigenvalue weighted by Gasteiger charge is 2.32. The molecule has 34 heavy (non-hydrogen) atoms. The number of amides is 1. The van der Waals surface area contributed by atoms with E-state index in [1.807, 2.05) is 24.3 Å². The number of piperazine rings is 1. The number of methoxy groups -OCH3 is 1. The zero-order valence-corrected chi connectivity index (χ0v) is 21.2. The van der Waals surface area contributed by atoms with E-state index in [9.17, 15) is 13.2 Å². The molecule has 1 N–H and O–H groups in total. The monoisotopic (exact) mass is 499 g/mol. The SMILES string of the molecule is COc1cccc(CNC(=O)c2sccc2S(=O)(=O)N2CCN(c3cc(C)ccc3C)CC2)c1. The van der Waals surface area contributed by atoms with Crippen molar-refractivity contribution in [2.24, 2.45) is 0 Å². The number of ether oxygens (including phenoxy) is 1. The summed E-state index contributed by atoms with van der Waals surface area (Å²) in [6.45, 7) is 6.35. The third-order valence-corrected chi connectivity index (χ3v) is 8.97. The Morgan fingerprint density at radius 2 is 1.82 bits per heavy atom. The highest BCUT2D eigenvalue weighted by Crippen LogP contribution is 2.28. The standard InChI is InChI=1S/C25H29N3O4S2/c1-18-7-8-19(2)22(15-18)27-10-12-28(13-11-27)34(30,31)23-9-14-33-24(23)25(29)26-17-20-5-4-6-21(16-20)32-3/h4-9,14-16H,10-13,17H2,1-3H3,(H,26,29). The Morgan fingerprint density at radius 1 is 1.06 bits per heavy atom. The quantitative estimate of drug-likeness (QED) is 0.535. The number of nitrogens with zero attached hydrogens (tertiary/aromatic N) is 2. The molecule has 0 spiro atoms. The van der Waals surface area contributed by atoms with Gasteiger partial charge in [0.15, 0.2) is 0 Å². The molecule has 7 nitrogen and oxygen atoms in total. The third-order valence-electron chi connectivity index (χ3n) is 5.98. The Balaban J connectivity index is 1.44. The predicted octanol–water partition coefficient (Wildman–Crippen LogP) is 3.81. The van der Waals surface area contributed by atoms with E-state index in [1.54, 1.807) is 12.5 Å². The fourth-order valence-electron chi connectivity index (χ4n) is 4.08. The summed E-state index contributed by atoms with van der Waals surface area (Å²) in [6.07, 6.45) is 0. The number of hydrogen-bond donors (Lipinski definition) is 1. The van der Waals surface area contributed by atoms with E-state index >= 15 is 0 Å². The van der Waals surface area contributed by atoms with Gasteiger partial charge < -0.3 is 15.0 Å². The molecule has 2 aromatic carbocycles. The maximum Gasteiger partial charge on any atom is 0.263 e. The van der Waals surface area contributed by atoms with E-state index < -0.39 is 15.9 Å². The van der Waals surface area contributed by atoms with Gasteiger partial charge >= 0.3 is 0 Å². The first-order valence-electron chi connectivity index (χ1n) is 11.1. The maximum absolute atomic E-state index is 13.4. The van der Waals surface area contributed by atoms with E-state index in [0.29, 0.717) is 31.9 Å². The molecule has 0 atom stereocenters. The summed E-state index contributed by atoms with van der Waals surface area (Å²) in [4.78, 5) is 15.4. The lowest BCUT2D eigenvalue weighted by Crippen LogP contribution is -2.49. The van der Waals surface area contributed by atoms with Crippen LogP contribution in [0, 0.1) is 13.8 Å². The minimum Gasteiger partial charge on any atom is -0.497 e. The van der Waals surface area contributed by atoms with Gasteiger partial charge in [-0.25, -0.2) is 8.42 Å². The number of nitrogens with one attached hydrogen (secondary N) is 1. The highest BCUT2D eigenvalue weighted by molar-refractivity contribution is 7.89. The number of thiophene rings is 1. The van der Waals surface area contributed by atoms with Crippen molar-refractivity contribution in [3.63, 3.8) is 0 Å². The van der Waals surface area contributed by atoms with Crippen LogP contribution in [0.2, 0.25) is 0 Å². The van der Waals surface area contributed by atoms with Gasteiger partial charge in [0.2, 0.25) is 10.0 Å². The van der Waals surface area contributed by atoms with E-state index in [1.165, 1.54) is 21.5 Å². The van der Waals surface area contributed by atoms with Crippen LogP contribution in [0.15, 0.2) is 58.8 Å². The first kappa shape index (κ1) is 24.3. The minimum absolute atomic E-state index is 0.0702. The van der Waals surface area contributed by atoms with Crippen LogP contribution in [-0.4, -0.2) is 51.9 Å². The summed E-state index contributed by atoms with van der Waals surface area (Å²) < 4.78 is 33.5. The van der Waals surface area contributed by atoms with E-state index in [-0.39, 0.29) is 16.3 Å². The molecule has 180 valence electrons. The van der Waals surface area contributed by atoms with Gasteiger partial charge in [-0.15, -0.1) is 11.3 Å². The van der Waals surface area contributed by atoms with Gasteiger partial charge in [0.05, 0.1) is 7.11 Å². The molecule has 1 amide bonds. The molecule has 1 aliphatic rings. The fraction of sp³-hybridized carbons (Fsp3) is 0.320. The van der Waals surface area contributed by atoms with Gasteiger partial charge in [0.1, 0.15) is 15.5 Å². The largest absolute Gasteiger partial charge is 0.497 e. The van der Waals surface area contributed by atoms with Crippen molar-refractivity contribution in [3.05, 3.63) is 75.5 Å². The number of carbonyl (C=O) groups excluding carboxylic acids is 1.